The number of rotatable bonds is 2. The zero-order chi connectivity index (χ0) is 13.1. The van der Waals surface area contributed by atoms with Crippen LogP contribution in [0.5, 0.6) is 0 Å². The molecule has 0 aromatic carbocycles. The van der Waals surface area contributed by atoms with E-state index in [1.165, 1.54) is 23.5 Å². The van der Waals surface area contributed by atoms with Gasteiger partial charge in [0.2, 0.25) is 0 Å². The van der Waals surface area contributed by atoms with Crippen molar-refractivity contribution in [1.29, 1.82) is 0 Å². The summed E-state index contributed by atoms with van der Waals surface area (Å²) >= 11 is 2.61. The third-order valence-corrected chi connectivity index (χ3v) is 4.86. The average molecular weight is 276 g/mol. The number of hydrogen-bond donors (Lipinski definition) is 0. The van der Waals surface area contributed by atoms with Gasteiger partial charge in [0.05, 0.1) is 0 Å². The van der Waals surface area contributed by atoms with Crippen LogP contribution in [0.3, 0.4) is 0 Å². The molecule has 0 aromatic rings. The van der Waals surface area contributed by atoms with Gasteiger partial charge in [-0.25, -0.2) is 4.79 Å². The second kappa shape index (κ2) is 6.14. The van der Waals surface area contributed by atoms with Crippen LogP contribution >= 0.6 is 23.5 Å². The maximum Gasteiger partial charge on any atom is 0.368 e. The molecule has 1 fully saturated rings. The first-order valence-corrected chi connectivity index (χ1v) is 7.61. The number of carbonyl (C=O) groups is 2. The fourth-order valence-electron chi connectivity index (χ4n) is 1.77. The van der Waals surface area contributed by atoms with Gasteiger partial charge in [-0.2, -0.15) is 0 Å². The molecule has 0 aliphatic heterocycles. The van der Waals surface area contributed by atoms with Crippen LogP contribution in [0, 0.1) is 0 Å². The molecule has 0 saturated heterocycles. The zero-order valence-corrected chi connectivity index (χ0v) is 12.5. The van der Waals surface area contributed by atoms with Crippen molar-refractivity contribution in [1.82, 2.24) is 0 Å². The lowest BCUT2D eigenvalue weighted by Crippen LogP contribution is -2.24. The van der Waals surface area contributed by atoms with E-state index in [0.29, 0.717) is 0 Å². The minimum absolute atomic E-state index is 0.131. The Morgan fingerprint density at radius 2 is 1.65 bits per heavy atom. The Morgan fingerprint density at radius 3 is 2.12 bits per heavy atom. The molecule has 0 heterocycles. The van der Waals surface area contributed by atoms with E-state index >= 15 is 0 Å². The first-order valence-electron chi connectivity index (χ1n) is 5.85. The number of hydrogen-bond acceptors (Lipinski definition) is 5. The van der Waals surface area contributed by atoms with Crippen LogP contribution in [-0.2, 0) is 9.53 Å². The summed E-state index contributed by atoms with van der Waals surface area (Å²) in [4.78, 5) is 22.8. The monoisotopic (exact) mass is 276 g/mol. The van der Waals surface area contributed by atoms with Gasteiger partial charge in [-0.15, -0.1) is 0 Å². The molecule has 2 atom stereocenters. The molecule has 17 heavy (non-hydrogen) atoms. The molecule has 0 amide bonds. The third-order valence-electron chi connectivity index (χ3n) is 2.35. The van der Waals surface area contributed by atoms with Gasteiger partial charge in [-0.3, -0.25) is 4.79 Å². The van der Waals surface area contributed by atoms with E-state index in [1.54, 1.807) is 6.92 Å². The molecule has 1 aliphatic carbocycles. The summed E-state index contributed by atoms with van der Waals surface area (Å²) in [6.45, 7) is 7.17. The molecule has 0 unspecified atom stereocenters. The Labute approximate surface area is 111 Å². The first kappa shape index (κ1) is 14.9. The van der Waals surface area contributed by atoms with E-state index in [4.69, 9.17) is 4.74 Å². The van der Waals surface area contributed by atoms with Crippen molar-refractivity contribution < 1.29 is 14.3 Å². The van der Waals surface area contributed by atoms with Gasteiger partial charge in [0.1, 0.15) is 5.60 Å². The van der Waals surface area contributed by atoms with Crippen LogP contribution < -0.4 is 0 Å². The minimum Gasteiger partial charge on any atom is -0.452 e. The van der Waals surface area contributed by atoms with E-state index in [2.05, 4.69) is 0 Å². The molecular weight excluding hydrogens is 256 g/mol. The van der Waals surface area contributed by atoms with Crippen molar-refractivity contribution in [2.75, 3.05) is 0 Å². The van der Waals surface area contributed by atoms with Crippen molar-refractivity contribution in [3.63, 3.8) is 0 Å². The Kier molecular flexibility index (Phi) is 5.38. The number of ether oxygens (including phenoxy) is 1. The molecule has 0 N–H and O–H groups in total. The van der Waals surface area contributed by atoms with E-state index < -0.39 is 5.60 Å². The molecule has 5 heteroatoms. The predicted molar refractivity (Wildman–Crippen MR) is 73.5 cm³/mol. The molecular formula is C12H20O3S2. The highest BCUT2D eigenvalue weighted by Crippen LogP contribution is 2.39. The maximum atomic E-state index is 11.7. The van der Waals surface area contributed by atoms with Gasteiger partial charge in [-0.1, -0.05) is 18.2 Å². The van der Waals surface area contributed by atoms with Crippen molar-refractivity contribution >= 4 is 33.9 Å². The summed E-state index contributed by atoms with van der Waals surface area (Å²) in [5.74, 6) is 0. The topological polar surface area (TPSA) is 43.4 Å². The fraction of sp³-hybridized carbons (Fsp3) is 0.833. The Balaban J connectivity index is 2.44. The van der Waals surface area contributed by atoms with Crippen LogP contribution in [0.1, 0.15) is 47.0 Å². The fourth-order valence-corrected chi connectivity index (χ4v) is 4.22. The van der Waals surface area contributed by atoms with Gasteiger partial charge >= 0.3 is 5.30 Å². The highest BCUT2D eigenvalue weighted by molar-refractivity contribution is 8.17. The van der Waals surface area contributed by atoms with Crippen LogP contribution in [0.15, 0.2) is 0 Å². The second-order valence-corrected chi connectivity index (χ2v) is 7.79. The second-order valence-electron chi connectivity index (χ2n) is 5.20. The lowest BCUT2D eigenvalue weighted by molar-refractivity contribution is -0.109. The normalized spacial score (nSPS) is 24.7. The SMILES string of the molecule is CC(=O)S[C@H]1CCC[C@H]1SC(=O)OC(C)(C)C. The van der Waals surface area contributed by atoms with Crippen LogP contribution in [-0.4, -0.2) is 26.5 Å². The van der Waals surface area contributed by atoms with Crippen molar-refractivity contribution in [2.24, 2.45) is 0 Å². The molecule has 1 aliphatic rings. The van der Waals surface area contributed by atoms with Crippen molar-refractivity contribution in [3.05, 3.63) is 0 Å². The zero-order valence-electron chi connectivity index (χ0n) is 10.8. The van der Waals surface area contributed by atoms with Crippen LogP contribution in [0.25, 0.3) is 0 Å². The summed E-state index contributed by atoms with van der Waals surface area (Å²) in [5.41, 5.74) is -0.439. The largest absolute Gasteiger partial charge is 0.452 e. The molecule has 0 bridgehead atoms. The van der Waals surface area contributed by atoms with Crippen LogP contribution in [0.4, 0.5) is 4.79 Å². The molecule has 0 aromatic heterocycles. The Morgan fingerprint density at radius 1 is 1.12 bits per heavy atom. The van der Waals surface area contributed by atoms with Gasteiger partial charge < -0.3 is 4.74 Å². The van der Waals surface area contributed by atoms with Gasteiger partial charge in [0, 0.05) is 17.4 Å². The molecule has 0 spiro atoms. The van der Waals surface area contributed by atoms with Crippen molar-refractivity contribution in [3.8, 4) is 0 Å². The van der Waals surface area contributed by atoms with E-state index in [0.717, 1.165) is 19.3 Å². The summed E-state index contributed by atoms with van der Waals surface area (Å²) in [5, 5.41) is 0.397. The standard InChI is InChI=1S/C12H20O3S2/c1-8(13)16-9-6-5-7-10(9)17-11(14)15-12(2,3)4/h9-10H,5-7H2,1-4H3/t9-,10+/m0/s1. The molecule has 0 radical (unpaired) electrons. The van der Waals surface area contributed by atoms with E-state index in [-0.39, 0.29) is 20.9 Å². The number of thioether (sulfide) groups is 2. The smallest absolute Gasteiger partial charge is 0.368 e. The molecule has 1 saturated carbocycles. The quantitative estimate of drug-likeness (QED) is 0.717. The van der Waals surface area contributed by atoms with E-state index in [9.17, 15) is 9.59 Å². The Bertz CT molecular complexity index is 297. The summed E-state index contributed by atoms with van der Waals surface area (Å²) in [6, 6.07) is 0. The van der Waals surface area contributed by atoms with Crippen molar-refractivity contribution in [2.45, 2.75) is 63.1 Å². The Hall–Kier alpha value is -0.160. The third kappa shape index (κ3) is 5.82. The predicted octanol–water partition coefficient (Wildman–Crippen LogP) is 3.86. The van der Waals surface area contributed by atoms with Gasteiger partial charge in [-0.05, 0) is 45.4 Å². The first-order chi connectivity index (χ1) is 7.78. The maximum absolute atomic E-state index is 11.7. The lowest BCUT2D eigenvalue weighted by atomic mass is 10.2. The molecule has 98 valence electrons. The van der Waals surface area contributed by atoms with E-state index in [1.807, 2.05) is 20.8 Å². The van der Waals surface area contributed by atoms with Gasteiger partial charge in [0.25, 0.3) is 0 Å². The molecule has 3 nitrogen and oxygen atoms in total. The average Bonchev–Trinajstić information content (AvgIpc) is 2.47. The highest BCUT2D eigenvalue weighted by Gasteiger charge is 2.32. The minimum atomic E-state index is -0.439. The molecule has 1 rings (SSSR count). The summed E-state index contributed by atoms with van der Waals surface area (Å²) < 4.78 is 5.28. The number of carbonyl (C=O) groups excluding carboxylic acids is 2. The summed E-state index contributed by atoms with van der Waals surface area (Å²) in [6.07, 6.45) is 3.10. The van der Waals surface area contributed by atoms with Gasteiger partial charge in [0.15, 0.2) is 5.12 Å². The highest BCUT2D eigenvalue weighted by atomic mass is 32.2. The van der Waals surface area contributed by atoms with Crippen LogP contribution in [0.2, 0.25) is 0 Å². The summed E-state index contributed by atoms with van der Waals surface area (Å²) in [7, 11) is 0. The lowest BCUT2D eigenvalue weighted by Gasteiger charge is -2.22.